The maximum absolute atomic E-state index is 11.6. The molecular formula is C13H17N3OS. The van der Waals surface area contributed by atoms with Gasteiger partial charge in [-0.05, 0) is 19.4 Å². The van der Waals surface area contributed by atoms with Gasteiger partial charge in [-0.2, -0.15) is 0 Å². The summed E-state index contributed by atoms with van der Waals surface area (Å²) in [6.45, 7) is 4.87. The Morgan fingerprint density at radius 3 is 3.00 bits per heavy atom. The number of hydrogen-bond donors (Lipinski definition) is 1. The van der Waals surface area contributed by atoms with Gasteiger partial charge in [0.1, 0.15) is 0 Å². The van der Waals surface area contributed by atoms with Crippen molar-refractivity contribution in [3.05, 3.63) is 45.3 Å². The summed E-state index contributed by atoms with van der Waals surface area (Å²) in [4.78, 5) is 15.9. The summed E-state index contributed by atoms with van der Waals surface area (Å²) in [6.07, 6.45) is 2.82. The summed E-state index contributed by atoms with van der Waals surface area (Å²) in [5.41, 5.74) is 3.84. The van der Waals surface area contributed by atoms with E-state index in [1.807, 2.05) is 23.2 Å². The zero-order valence-electron chi connectivity index (χ0n) is 10.6. The van der Waals surface area contributed by atoms with Gasteiger partial charge in [-0.1, -0.05) is 6.92 Å². The van der Waals surface area contributed by atoms with Gasteiger partial charge < -0.3 is 9.88 Å². The second-order valence-electron chi connectivity index (χ2n) is 4.23. The van der Waals surface area contributed by atoms with Crippen LogP contribution in [0, 0.1) is 0 Å². The molecule has 0 radical (unpaired) electrons. The standard InChI is InChI=1S/C13H17N3OS/c1-3-6-16-7-11(4-5-13(16)17)15-10(2)12-8-18-9-14-12/h4-5,7-10,15H,3,6H2,1-2H3. The molecule has 5 heteroatoms. The monoisotopic (exact) mass is 263 g/mol. The molecule has 0 aliphatic carbocycles. The lowest BCUT2D eigenvalue weighted by Gasteiger charge is -2.14. The average Bonchev–Trinajstić information content (AvgIpc) is 2.87. The van der Waals surface area contributed by atoms with E-state index < -0.39 is 0 Å². The molecule has 1 N–H and O–H groups in total. The van der Waals surface area contributed by atoms with Gasteiger partial charge in [0.25, 0.3) is 5.56 Å². The molecule has 0 saturated carbocycles. The summed E-state index contributed by atoms with van der Waals surface area (Å²) in [5.74, 6) is 0. The molecule has 0 amide bonds. The van der Waals surface area contributed by atoms with E-state index in [-0.39, 0.29) is 11.6 Å². The Labute approximate surface area is 110 Å². The van der Waals surface area contributed by atoms with E-state index in [4.69, 9.17) is 0 Å². The van der Waals surface area contributed by atoms with Gasteiger partial charge >= 0.3 is 0 Å². The van der Waals surface area contributed by atoms with Gasteiger partial charge in [0.05, 0.1) is 22.9 Å². The van der Waals surface area contributed by atoms with Crippen molar-refractivity contribution in [2.24, 2.45) is 0 Å². The molecule has 2 heterocycles. The van der Waals surface area contributed by atoms with Crippen molar-refractivity contribution in [1.29, 1.82) is 0 Å². The van der Waals surface area contributed by atoms with Crippen LogP contribution in [0.3, 0.4) is 0 Å². The Balaban J connectivity index is 2.14. The lowest BCUT2D eigenvalue weighted by atomic mass is 10.2. The largest absolute Gasteiger partial charge is 0.376 e. The van der Waals surface area contributed by atoms with Crippen LogP contribution in [0.25, 0.3) is 0 Å². The van der Waals surface area contributed by atoms with Gasteiger partial charge in [-0.3, -0.25) is 4.79 Å². The van der Waals surface area contributed by atoms with Crippen LogP contribution in [0.4, 0.5) is 5.69 Å². The Kier molecular flexibility index (Phi) is 4.15. The summed E-state index contributed by atoms with van der Waals surface area (Å²) in [6, 6.07) is 3.56. The van der Waals surface area contributed by atoms with Crippen LogP contribution >= 0.6 is 11.3 Å². The molecule has 2 rings (SSSR count). The molecule has 96 valence electrons. The fourth-order valence-corrected chi connectivity index (χ4v) is 2.44. The lowest BCUT2D eigenvalue weighted by molar-refractivity contribution is 0.654. The van der Waals surface area contributed by atoms with E-state index in [2.05, 4.69) is 24.1 Å². The van der Waals surface area contributed by atoms with Gasteiger partial charge in [-0.25, -0.2) is 4.98 Å². The molecule has 2 aromatic rings. The van der Waals surface area contributed by atoms with Gasteiger partial charge in [-0.15, -0.1) is 11.3 Å². The maximum Gasteiger partial charge on any atom is 0.250 e. The molecule has 0 bridgehead atoms. The van der Waals surface area contributed by atoms with Crippen molar-refractivity contribution in [2.45, 2.75) is 32.9 Å². The van der Waals surface area contributed by atoms with Crippen molar-refractivity contribution in [3.63, 3.8) is 0 Å². The first kappa shape index (κ1) is 12.8. The SMILES string of the molecule is CCCn1cc(NC(C)c2cscn2)ccc1=O. The number of pyridine rings is 1. The Morgan fingerprint density at radius 1 is 1.50 bits per heavy atom. The Hall–Kier alpha value is -1.62. The summed E-state index contributed by atoms with van der Waals surface area (Å²) < 4.78 is 1.73. The van der Waals surface area contributed by atoms with E-state index in [0.29, 0.717) is 0 Å². The third-order valence-electron chi connectivity index (χ3n) is 2.73. The first-order valence-electron chi connectivity index (χ1n) is 6.06. The van der Waals surface area contributed by atoms with Crippen LogP contribution in [0.5, 0.6) is 0 Å². The molecule has 4 nitrogen and oxygen atoms in total. The summed E-state index contributed by atoms with van der Waals surface area (Å²) >= 11 is 1.59. The van der Waals surface area contributed by atoms with Crippen LogP contribution in [-0.2, 0) is 6.54 Å². The number of rotatable bonds is 5. The summed E-state index contributed by atoms with van der Waals surface area (Å²) in [5, 5.41) is 5.38. The van der Waals surface area contributed by atoms with Crippen molar-refractivity contribution in [2.75, 3.05) is 5.32 Å². The minimum atomic E-state index is 0.0451. The fourth-order valence-electron chi connectivity index (χ4n) is 1.79. The molecule has 0 aromatic carbocycles. The van der Waals surface area contributed by atoms with Crippen molar-refractivity contribution >= 4 is 17.0 Å². The second-order valence-corrected chi connectivity index (χ2v) is 4.95. The van der Waals surface area contributed by atoms with E-state index in [0.717, 1.165) is 24.3 Å². The molecule has 1 atom stereocenters. The minimum Gasteiger partial charge on any atom is -0.376 e. The molecular weight excluding hydrogens is 246 g/mol. The van der Waals surface area contributed by atoms with Crippen LogP contribution in [0.1, 0.15) is 32.0 Å². The summed E-state index contributed by atoms with van der Waals surface area (Å²) in [7, 11) is 0. The number of nitrogens with one attached hydrogen (secondary N) is 1. The number of anilines is 1. The molecule has 0 aliphatic heterocycles. The van der Waals surface area contributed by atoms with E-state index in [9.17, 15) is 4.79 Å². The molecule has 0 saturated heterocycles. The molecule has 2 aromatic heterocycles. The number of nitrogens with zero attached hydrogens (tertiary/aromatic N) is 2. The van der Waals surface area contributed by atoms with Crippen LogP contribution in [-0.4, -0.2) is 9.55 Å². The van der Waals surface area contributed by atoms with Gasteiger partial charge in [0.15, 0.2) is 0 Å². The predicted molar refractivity (Wildman–Crippen MR) is 75.1 cm³/mol. The quantitative estimate of drug-likeness (QED) is 0.902. The molecule has 18 heavy (non-hydrogen) atoms. The average molecular weight is 263 g/mol. The van der Waals surface area contributed by atoms with E-state index in [1.54, 1.807) is 22.0 Å². The second kappa shape index (κ2) is 5.82. The lowest BCUT2D eigenvalue weighted by Crippen LogP contribution is -2.19. The molecule has 0 spiro atoms. The maximum atomic E-state index is 11.6. The number of aryl methyl sites for hydroxylation is 1. The first-order chi connectivity index (χ1) is 8.70. The van der Waals surface area contributed by atoms with Crippen molar-refractivity contribution in [3.8, 4) is 0 Å². The van der Waals surface area contributed by atoms with E-state index in [1.165, 1.54) is 0 Å². The molecule has 1 unspecified atom stereocenters. The van der Waals surface area contributed by atoms with Gasteiger partial charge in [0, 0.05) is 24.2 Å². The highest BCUT2D eigenvalue weighted by Gasteiger charge is 2.07. The van der Waals surface area contributed by atoms with Gasteiger partial charge in [0.2, 0.25) is 0 Å². The highest BCUT2D eigenvalue weighted by Crippen LogP contribution is 2.17. The third-order valence-corrected chi connectivity index (χ3v) is 3.33. The van der Waals surface area contributed by atoms with Crippen LogP contribution in [0.2, 0.25) is 0 Å². The Morgan fingerprint density at radius 2 is 2.33 bits per heavy atom. The first-order valence-corrected chi connectivity index (χ1v) is 7.00. The predicted octanol–water partition coefficient (Wildman–Crippen LogP) is 2.89. The highest BCUT2D eigenvalue weighted by molar-refractivity contribution is 7.07. The van der Waals surface area contributed by atoms with Crippen molar-refractivity contribution in [1.82, 2.24) is 9.55 Å². The highest BCUT2D eigenvalue weighted by atomic mass is 32.1. The normalized spacial score (nSPS) is 12.3. The van der Waals surface area contributed by atoms with Crippen LogP contribution < -0.4 is 10.9 Å². The number of aromatic nitrogens is 2. The zero-order valence-corrected chi connectivity index (χ0v) is 11.4. The van der Waals surface area contributed by atoms with E-state index >= 15 is 0 Å². The zero-order chi connectivity index (χ0) is 13.0. The van der Waals surface area contributed by atoms with Crippen LogP contribution in [0.15, 0.2) is 34.0 Å². The number of thiazole rings is 1. The fraction of sp³-hybridized carbons (Fsp3) is 0.385. The number of hydrogen-bond acceptors (Lipinski definition) is 4. The smallest absolute Gasteiger partial charge is 0.250 e. The topological polar surface area (TPSA) is 46.9 Å². The van der Waals surface area contributed by atoms with Crippen molar-refractivity contribution < 1.29 is 0 Å². The molecule has 0 aliphatic rings. The Bertz CT molecular complexity index is 548. The molecule has 0 fully saturated rings. The minimum absolute atomic E-state index is 0.0451. The third kappa shape index (κ3) is 2.98.